The molecule has 1 amide bonds. The number of nitrogens with zero attached hydrogens (tertiary/aromatic N) is 3. The van der Waals surface area contributed by atoms with Gasteiger partial charge in [-0.3, -0.25) is 14.5 Å². The monoisotopic (exact) mass is 465 g/mol. The highest BCUT2D eigenvalue weighted by atomic mass is 32.2. The van der Waals surface area contributed by atoms with Crippen molar-refractivity contribution in [1.82, 2.24) is 15.0 Å². The van der Waals surface area contributed by atoms with Crippen LogP contribution in [0.15, 0.2) is 94.1 Å². The van der Waals surface area contributed by atoms with Crippen molar-refractivity contribution in [2.75, 3.05) is 4.72 Å². The van der Waals surface area contributed by atoms with Crippen molar-refractivity contribution >= 4 is 38.7 Å². The number of carbonyl (C=O) groups excluding carboxylic acids is 1. The second-order valence-electron chi connectivity index (χ2n) is 6.73. The first-order chi connectivity index (χ1) is 15.4. The molecule has 0 aliphatic heterocycles. The van der Waals surface area contributed by atoms with Crippen LogP contribution in [0.4, 0.5) is 5.69 Å². The van der Waals surface area contributed by atoms with Crippen molar-refractivity contribution in [2.24, 2.45) is 5.10 Å². The quantitative estimate of drug-likeness (QED) is 0.319. The average Bonchev–Trinajstić information content (AvgIpc) is 3.52. The van der Waals surface area contributed by atoms with Crippen LogP contribution in [0, 0.1) is 0 Å². The molecular weight excluding hydrogens is 446 g/mol. The fourth-order valence-electron chi connectivity index (χ4n) is 2.93. The molecule has 0 radical (unpaired) electrons. The summed E-state index contributed by atoms with van der Waals surface area (Å²) in [6.07, 6.45) is 6.61. The normalized spacial score (nSPS) is 11.8. The van der Waals surface area contributed by atoms with Gasteiger partial charge in [0.25, 0.3) is 15.9 Å². The molecule has 4 aromatic rings. The molecule has 0 unspecified atom stereocenters. The number of aromatic nitrogens is 2. The van der Waals surface area contributed by atoms with E-state index in [4.69, 9.17) is 0 Å². The van der Waals surface area contributed by atoms with Crippen LogP contribution in [0.5, 0.6) is 0 Å². The lowest BCUT2D eigenvalue weighted by Crippen LogP contribution is -2.22. The SMILES string of the molecule is C/C(=N/NC(=O)c1ccncc1NS(=O)(=O)c1cccs1)c1ccc(-n2cccc2)cc1. The standard InChI is InChI=1S/C22H19N5O3S2/c1-16(17-6-8-18(9-7-17)27-12-2-3-13-27)24-25-22(28)19-10-11-23-15-20(19)26-32(29,30)21-5-4-14-31-21/h2-15,26H,1H3,(H,25,28)/b24-16-. The predicted molar refractivity (Wildman–Crippen MR) is 125 cm³/mol. The Morgan fingerprint density at radius 1 is 1.06 bits per heavy atom. The summed E-state index contributed by atoms with van der Waals surface area (Å²) in [5.74, 6) is -0.556. The third-order valence-corrected chi connectivity index (χ3v) is 7.35. The molecule has 0 aliphatic rings. The highest BCUT2D eigenvalue weighted by Crippen LogP contribution is 2.22. The first-order valence-corrected chi connectivity index (χ1v) is 11.9. The number of pyridine rings is 1. The molecule has 1 aromatic carbocycles. The van der Waals surface area contributed by atoms with Gasteiger partial charge in [-0.1, -0.05) is 18.2 Å². The molecular formula is C22H19N5O3S2. The summed E-state index contributed by atoms with van der Waals surface area (Å²) < 4.78 is 29.6. The molecule has 3 aromatic heterocycles. The number of hydrogen-bond acceptors (Lipinski definition) is 6. The molecule has 8 nitrogen and oxygen atoms in total. The molecule has 0 aliphatic carbocycles. The first kappa shape index (κ1) is 21.5. The van der Waals surface area contributed by atoms with E-state index in [2.05, 4.69) is 20.2 Å². The number of benzene rings is 1. The number of thiophene rings is 1. The summed E-state index contributed by atoms with van der Waals surface area (Å²) in [4.78, 5) is 16.6. The number of rotatable bonds is 7. The summed E-state index contributed by atoms with van der Waals surface area (Å²) in [6.45, 7) is 1.78. The number of carbonyl (C=O) groups is 1. The molecule has 4 rings (SSSR count). The Hall–Kier alpha value is -3.76. The number of hydrazone groups is 1. The number of amides is 1. The largest absolute Gasteiger partial charge is 0.324 e. The topological polar surface area (TPSA) is 105 Å². The van der Waals surface area contributed by atoms with Gasteiger partial charge in [0.2, 0.25) is 0 Å². The Balaban J connectivity index is 1.49. The summed E-state index contributed by atoms with van der Waals surface area (Å²) >= 11 is 1.08. The minimum Gasteiger partial charge on any atom is -0.324 e. The lowest BCUT2D eigenvalue weighted by molar-refractivity contribution is 0.0955. The summed E-state index contributed by atoms with van der Waals surface area (Å²) in [5, 5.41) is 5.83. The van der Waals surface area contributed by atoms with Crippen molar-refractivity contribution in [1.29, 1.82) is 0 Å². The van der Waals surface area contributed by atoms with Crippen LogP contribution in [0.25, 0.3) is 5.69 Å². The van der Waals surface area contributed by atoms with Gasteiger partial charge < -0.3 is 4.57 Å². The Kier molecular flexibility index (Phi) is 6.15. The lowest BCUT2D eigenvalue weighted by Gasteiger charge is -2.10. The van der Waals surface area contributed by atoms with Gasteiger partial charge in [-0.25, -0.2) is 13.8 Å². The molecule has 10 heteroatoms. The Bertz CT molecular complexity index is 1350. The van der Waals surface area contributed by atoms with E-state index in [1.165, 1.54) is 24.5 Å². The number of anilines is 1. The van der Waals surface area contributed by atoms with E-state index in [1.54, 1.807) is 18.4 Å². The van der Waals surface area contributed by atoms with Gasteiger partial charge in [-0.15, -0.1) is 11.3 Å². The van der Waals surface area contributed by atoms with Gasteiger partial charge in [-0.2, -0.15) is 5.10 Å². The smallest absolute Gasteiger partial charge is 0.273 e. The Morgan fingerprint density at radius 2 is 1.81 bits per heavy atom. The summed E-state index contributed by atoms with van der Waals surface area (Å²) in [7, 11) is -3.81. The van der Waals surface area contributed by atoms with Gasteiger partial charge in [0.15, 0.2) is 0 Å². The summed E-state index contributed by atoms with van der Waals surface area (Å²) in [6, 6.07) is 16.2. The highest BCUT2D eigenvalue weighted by molar-refractivity contribution is 7.94. The van der Waals surface area contributed by atoms with Gasteiger partial charge in [0, 0.05) is 24.3 Å². The Morgan fingerprint density at radius 3 is 2.50 bits per heavy atom. The second-order valence-corrected chi connectivity index (χ2v) is 9.59. The van der Waals surface area contributed by atoms with Crippen molar-refractivity contribution < 1.29 is 13.2 Å². The molecule has 0 bridgehead atoms. The van der Waals surface area contributed by atoms with Crippen LogP contribution >= 0.6 is 11.3 Å². The maximum atomic E-state index is 12.7. The number of hydrogen-bond donors (Lipinski definition) is 2. The van der Waals surface area contributed by atoms with Gasteiger partial charge >= 0.3 is 0 Å². The zero-order chi connectivity index (χ0) is 22.6. The van der Waals surface area contributed by atoms with Crippen molar-refractivity contribution in [2.45, 2.75) is 11.1 Å². The van der Waals surface area contributed by atoms with E-state index >= 15 is 0 Å². The van der Waals surface area contributed by atoms with E-state index in [-0.39, 0.29) is 15.5 Å². The minimum atomic E-state index is -3.81. The minimum absolute atomic E-state index is 0.0716. The molecule has 162 valence electrons. The fourth-order valence-corrected chi connectivity index (χ4v) is 4.98. The molecule has 0 saturated carbocycles. The molecule has 0 fully saturated rings. The van der Waals surface area contributed by atoms with Crippen molar-refractivity contribution in [3.8, 4) is 5.69 Å². The molecule has 3 heterocycles. The average molecular weight is 466 g/mol. The van der Waals surface area contributed by atoms with Crippen molar-refractivity contribution in [3.05, 3.63) is 95.9 Å². The molecule has 0 saturated heterocycles. The lowest BCUT2D eigenvalue weighted by atomic mass is 10.1. The molecule has 32 heavy (non-hydrogen) atoms. The molecule has 0 spiro atoms. The van der Waals surface area contributed by atoms with E-state index in [0.717, 1.165) is 22.6 Å². The van der Waals surface area contributed by atoms with Gasteiger partial charge in [-0.05, 0) is 54.3 Å². The maximum Gasteiger partial charge on any atom is 0.273 e. The first-order valence-electron chi connectivity index (χ1n) is 9.53. The van der Waals surface area contributed by atoms with E-state index in [0.29, 0.717) is 5.71 Å². The number of sulfonamides is 1. The molecule has 2 N–H and O–H groups in total. The van der Waals surface area contributed by atoms with Gasteiger partial charge in [0.1, 0.15) is 4.21 Å². The third-order valence-electron chi connectivity index (χ3n) is 4.58. The van der Waals surface area contributed by atoms with Crippen LogP contribution in [-0.2, 0) is 10.0 Å². The van der Waals surface area contributed by atoms with E-state index in [9.17, 15) is 13.2 Å². The Labute approximate surface area is 189 Å². The molecule has 0 atom stereocenters. The third kappa shape index (κ3) is 4.76. The summed E-state index contributed by atoms with van der Waals surface area (Å²) in [5.41, 5.74) is 5.12. The zero-order valence-electron chi connectivity index (χ0n) is 17.0. The van der Waals surface area contributed by atoms with Crippen LogP contribution in [0.1, 0.15) is 22.8 Å². The number of nitrogens with one attached hydrogen (secondary N) is 2. The van der Waals surface area contributed by atoms with Crippen LogP contribution in [-0.4, -0.2) is 29.6 Å². The van der Waals surface area contributed by atoms with Crippen LogP contribution < -0.4 is 10.1 Å². The second kappa shape index (κ2) is 9.16. The van der Waals surface area contributed by atoms with Crippen LogP contribution in [0.3, 0.4) is 0 Å². The maximum absolute atomic E-state index is 12.7. The van der Waals surface area contributed by atoms with Gasteiger partial charge in [0.05, 0.1) is 23.2 Å². The highest BCUT2D eigenvalue weighted by Gasteiger charge is 2.19. The van der Waals surface area contributed by atoms with E-state index in [1.807, 2.05) is 53.4 Å². The van der Waals surface area contributed by atoms with E-state index < -0.39 is 15.9 Å². The predicted octanol–water partition coefficient (Wildman–Crippen LogP) is 3.89. The zero-order valence-corrected chi connectivity index (χ0v) is 18.6. The van der Waals surface area contributed by atoms with Crippen LogP contribution in [0.2, 0.25) is 0 Å². The fraction of sp³-hybridized carbons (Fsp3) is 0.0455. The van der Waals surface area contributed by atoms with Crippen molar-refractivity contribution in [3.63, 3.8) is 0 Å².